The number of thioether (sulfide) groups is 2. The van der Waals surface area contributed by atoms with Crippen LogP contribution in [0.3, 0.4) is 0 Å². The molecule has 2 aromatic carbocycles. The van der Waals surface area contributed by atoms with Crippen LogP contribution in [0.25, 0.3) is 0 Å². The van der Waals surface area contributed by atoms with Gasteiger partial charge in [0.15, 0.2) is 5.78 Å². The van der Waals surface area contributed by atoms with Crippen molar-refractivity contribution in [3.63, 3.8) is 0 Å². The highest BCUT2D eigenvalue weighted by atomic mass is 32.2. The lowest BCUT2D eigenvalue weighted by atomic mass is 9.93. The van der Waals surface area contributed by atoms with Crippen LogP contribution in [0.4, 0.5) is 0 Å². The van der Waals surface area contributed by atoms with Crippen molar-refractivity contribution in [2.24, 2.45) is 0 Å². The summed E-state index contributed by atoms with van der Waals surface area (Å²) in [7, 11) is 1.21. The number of carbonyl (C=O) groups is 10. The average molecular weight is 895 g/mol. The molecule has 0 aromatic heterocycles. The van der Waals surface area contributed by atoms with Crippen molar-refractivity contribution >= 4 is 82.7 Å². The van der Waals surface area contributed by atoms with Crippen LogP contribution in [0.15, 0.2) is 48.5 Å². The van der Waals surface area contributed by atoms with E-state index in [0.717, 1.165) is 0 Å². The molecule has 6 amide bonds. The number of ketones is 1. The number of fused-ring (bicyclic) bond motifs is 2. The Bertz CT molecular complexity index is 2230. The molecule has 0 bridgehead atoms. The molecule has 21 heteroatoms. The summed E-state index contributed by atoms with van der Waals surface area (Å²) in [6, 6.07) is 4.51. The second kappa shape index (κ2) is 17.4. The van der Waals surface area contributed by atoms with Crippen molar-refractivity contribution in [2.45, 2.75) is 111 Å². The number of methoxy groups -OCH3 is 1. The maximum absolute atomic E-state index is 14.0. The van der Waals surface area contributed by atoms with E-state index in [1.807, 2.05) is 13.8 Å². The van der Waals surface area contributed by atoms with E-state index in [-0.39, 0.29) is 28.4 Å². The summed E-state index contributed by atoms with van der Waals surface area (Å²) in [5, 5.41) is 9.21. The molecule has 6 rings (SSSR count). The van der Waals surface area contributed by atoms with E-state index in [1.54, 1.807) is 13.8 Å². The number of esters is 3. The zero-order valence-corrected chi connectivity index (χ0v) is 36.6. The van der Waals surface area contributed by atoms with Gasteiger partial charge in [-0.1, -0.05) is 24.3 Å². The van der Waals surface area contributed by atoms with Crippen molar-refractivity contribution in [3.8, 4) is 11.5 Å². The summed E-state index contributed by atoms with van der Waals surface area (Å²) in [6.45, 7) is 11.0. The highest BCUT2D eigenvalue weighted by Gasteiger charge is 2.65. The molecule has 4 heterocycles. The van der Waals surface area contributed by atoms with Crippen molar-refractivity contribution < 1.29 is 62.2 Å². The Morgan fingerprint density at radius 1 is 0.629 bits per heavy atom. The monoisotopic (exact) mass is 894 g/mol. The maximum Gasteiger partial charge on any atom is 0.330 e. The van der Waals surface area contributed by atoms with Gasteiger partial charge in [0, 0.05) is 23.3 Å². The minimum Gasteiger partial charge on any atom is -0.467 e. The summed E-state index contributed by atoms with van der Waals surface area (Å²) in [4.78, 5) is 133. The molecule has 2 aromatic rings. The fourth-order valence-electron chi connectivity index (χ4n) is 8.08. The van der Waals surface area contributed by atoms with Gasteiger partial charge in [-0.2, -0.15) is 0 Å². The molecule has 19 nitrogen and oxygen atoms in total. The highest BCUT2D eigenvalue weighted by molar-refractivity contribution is 8.02. The molecule has 4 aliphatic rings. The van der Waals surface area contributed by atoms with Gasteiger partial charge in [0.05, 0.1) is 7.11 Å². The number of benzene rings is 2. The largest absolute Gasteiger partial charge is 0.467 e. The lowest BCUT2D eigenvalue weighted by Crippen LogP contribution is -2.71. The fraction of sp³-hybridized carbons (Fsp3) is 0.463. The van der Waals surface area contributed by atoms with Gasteiger partial charge in [-0.05, 0) is 70.0 Å². The van der Waals surface area contributed by atoms with E-state index in [9.17, 15) is 47.9 Å². The minimum atomic E-state index is -1.49. The molecule has 0 spiro atoms. The smallest absolute Gasteiger partial charge is 0.330 e. The Balaban J connectivity index is 1.19. The molecule has 4 saturated heterocycles. The number of Topliss-reactive ketones (excluding diaryl/α,β-unsaturated/α-hetero) is 1. The average Bonchev–Trinajstić information content (AvgIpc) is 3.60. The van der Waals surface area contributed by atoms with Crippen LogP contribution in [-0.4, -0.2) is 120 Å². The third-order valence-corrected chi connectivity index (χ3v) is 13.8. The number of ether oxygens (including phenoxy) is 3. The predicted molar refractivity (Wildman–Crippen MR) is 221 cm³/mol. The molecule has 0 aliphatic carbocycles. The second-order valence-electron chi connectivity index (χ2n) is 16.1. The molecular formula is C41H46N6O13S2. The number of β-lactam (4-membered cyclic amide) rings is 2. The van der Waals surface area contributed by atoms with E-state index in [1.165, 1.54) is 110 Å². The fourth-order valence-corrected chi connectivity index (χ4v) is 11.4. The normalized spacial score (nSPS) is 24.7. The Morgan fingerprint density at radius 3 is 1.35 bits per heavy atom. The van der Waals surface area contributed by atoms with Crippen LogP contribution in [0.5, 0.6) is 11.5 Å². The van der Waals surface area contributed by atoms with Crippen molar-refractivity contribution in [1.82, 2.24) is 31.1 Å². The lowest BCUT2D eigenvalue weighted by Gasteiger charge is -2.44. The quantitative estimate of drug-likeness (QED) is 0.0886. The Kier molecular flexibility index (Phi) is 12.8. The Morgan fingerprint density at radius 2 is 1.00 bits per heavy atom. The van der Waals surface area contributed by atoms with Crippen LogP contribution in [-0.2, 0) is 52.7 Å². The number of hydrogen-bond acceptors (Lipinski definition) is 15. The van der Waals surface area contributed by atoms with Gasteiger partial charge in [0.2, 0.25) is 35.4 Å². The van der Waals surface area contributed by atoms with Gasteiger partial charge < -0.3 is 45.3 Å². The molecule has 4 fully saturated rings. The van der Waals surface area contributed by atoms with E-state index in [0.29, 0.717) is 0 Å². The molecule has 4 N–H and O–H groups in total. The van der Waals surface area contributed by atoms with Gasteiger partial charge >= 0.3 is 17.9 Å². The Hall–Kier alpha value is -5.96. The standard InChI is InChI=1S/C41H46N6O13S2/c1-18(48)31-40(4,5)61-37-29(35(55)46(31)37)44-33(53)27(21-9-13-23(14-10-21)59-19(2)49)42-25(51)17-26(52)43-28(22-11-15-24(16-12-22)60-20(3)50)34(54)45-30-36(56)47-32(39(57)58-8)41(6,7)62-38(30)47/h9-16,27-32,37-38H,17H2,1-8H3,(H,42,51)(H,43,52)(H,44,53)(H,45,54)/t27-,28+,29+,30-,31-,32+,37?,38?/m1/s1. The number of amides is 6. The van der Waals surface area contributed by atoms with Crippen molar-refractivity contribution in [2.75, 3.05) is 7.11 Å². The maximum atomic E-state index is 14.0. The van der Waals surface area contributed by atoms with E-state index in [4.69, 9.17) is 14.2 Å². The number of hydrogen-bond donors (Lipinski definition) is 4. The first-order valence-corrected chi connectivity index (χ1v) is 21.1. The van der Waals surface area contributed by atoms with Crippen molar-refractivity contribution in [1.29, 1.82) is 0 Å². The van der Waals surface area contributed by atoms with Gasteiger partial charge in [-0.3, -0.25) is 43.2 Å². The van der Waals surface area contributed by atoms with Gasteiger partial charge in [0.1, 0.15) is 64.9 Å². The Labute approximate surface area is 364 Å². The molecule has 0 saturated carbocycles. The minimum absolute atomic E-state index is 0.143. The molecule has 4 aliphatic heterocycles. The zero-order chi connectivity index (χ0) is 45.6. The van der Waals surface area contributed by atoms with Gasteiger partial charge in [0.25, 0.3) is 0 Å². The number of nitrogens with zero attached hydrogens (tertiary/aromatic N) is 2. The molecule has 8 atom stereocenters. The summed E-state index contributed by atoms with van der Waals surface area (Å²) in [5.74, 6) is -6.31. The highest BCUT2D eigenvalue weighted by Crippen LogP contribution is 2.52. The molecular weight excluding hydrogens is 849 g/mol. The third-order valence-electron chi connectivity index (χ3n) is 10.7. The van der Waals surface area contributed by atoms with E-state index < -0.39 is 116 Å². The SMILES string of the molecule is COC(=O)[C@@H]1N2C(=O)[C@@H](NC(=O)[C@@H](NC(=O)CC(=O)N[C@@H](C(=O)N[C@H]3C(=O)N4C3SC(C)(C)[C@H]4C(C)=O)c3ccc(OC(C)=O)cc3)c3ccc(OC(C)=O)cc3)C2SC1(C)C. The third kappa shape index (κ3) is 8.99. The van der Waals surface area contributed by atoms with Crippen LogP contribution in [0.1, 0.15) is 78.1 Å². The summed E-state index contributed by atoms with van der Waals surface area (Å²) < 4.78 is 13.7. The van der Waals surface area contributed by atoms with E-state index >= 15 is 0 Å². The van der Waals surface area contributed by atoms with Gasteiger partial charge in [-0.25, -0.2) is 4.79 Å². The van der Waals surface area contributed by atoms with Gasteiger partial charge in [-0.15, -0.1) is 23.5 Å². The van der Waals surface area contributed by atoms with Crippen molar-refractivity contribution in [3.05, 3.63) is 59.7 Å². The molecule has 62 heavy (non-hydrogen) atoms. The molecule has 2 unspecified atom stereocenters. The summed E-state index contributed by atoms with van der Waals surface area (Å²) in [5.41, 5.74) is 0.385. The molecule has 330 valence electrons. The summed E-state index contributed by atoms with van der Waals surface area (Å²) >= 11 is 2.65. The van der Waals surface area contributed by atoms with Crippen LogP contribution >= 0.6 is 23.5 Å². The zero-order valence-electron chi connectivity index (χ0n) is 35.0. The van der Waals surface area contributed by atoms with Crippen LogP contribution < -0.4 is 30.7 Å². The number of nitrogens with one attached hydrogen (secondary N) is 4. The van der Waals surface area contributed by atoms with Crippen LogP contribution in [0, 0.1) is 0 Å². The first kappa shape index (κ1) is 45.6. The molecule has 0 radical (unpaired) electrons. The number of carbonyl (C=O) groups excluding carboxylic acids is 10. The summed E-state index contributed by atoms with van der Waals surface area (Å²) in [6.07, 6.45) is -0.905. The lowest BCUT2D eigenvalue weighted by molar-refractivity contribution is -0.163. The number of rotatable bonds is 14. The first-order chi connectivity index (χ1) is 29.0. The van der Waals surface area contributed by atoms with Crippen LogP contribution in [0.2, 0.25) is 0 Å². The van der Waals surface area contributed by atoms with E-state index in [2.05, 4.69) is 21.3 Å². The topological polar surface area (TPSA) is 253 Å². The first-order valence-electron chi connectivity index (χ1n) is 19.4. The second-order valence-corrected chi connectivity index (χ2v) is 19.7. The predicted octanol–water partition coefficient (Wildman–Crippen LogP) is 0.798.